The van der Waals surface area contributed by atoms with Crippen molar-refractivity contribution in [3.05, 3.63) is 10.4 Å². The van der Waals surface area contributed by atoms with Crippen LogP contribution in [0, 0.1) is 5.92 Å². The lowest BCUT2D eigenvalue weighted by atomic mass is 9.95. The van der Waals surface area contributed by atoms with Gasteiger partial charge in [-0.3, -0.25) is 4.79 Å². The Morgan fingerprint density at radius 3 is 2.83 bits per heavy atom. The summed E-state index contributed by atoms with van der Waals surface area (Å²) in [6.45, 7) is 1.28. The number of rotatable bonds is 3. The van der Waals surface area contributed by atoms with Crippen molar-refractivity contribution in [2.45, 2.75) is 12.8 Å². The first kappa shape index (κ1) is 9.03. The van der Waals surface area contributed by atoms with Crippen LogP contribution in [0.5, 0.6) is 0 Å². The van der Waals surface area contributed by atoms with E-state index in [2.05, 4.69) is 10.0 Å². The summed E-state index contributed by atoms with van der Waals surface area (Å²) in [5, 5.41) is 3.24. The molecule has 0 aromatic heterocycles. The summed E-state index contributed by atoms with van der Waals surface area (Å²) in [4.78, 5) is 13.8. The molecule has 5 nitrogen and oxygen atoms in total. The number of nitrogens with zero attached hydrogens (tertiary/aromatic N) is 3. The number of carbonyl (C=O) groups excluding carboxylic acids is 1. The molecule has 1 heterocycles. The molecule has 0 N–H and O–H groups in total. The van der Waals surface area contributed by atoms with E-state index in [9.17, 15) is 4.79 Å². The Labute approximate surface area is 70.3 Å². The Hall–Kier alpha value is -1.06. The minimum Gasteiger partial charge on any atom is -0.381 e. The van der Waals surface area contributed by atoms with Gasteiger partial charge in [0, 0.05) is 24.0 Å². The number of azide groups is 1. The van der Waals surface area contributed by atoms with Crippen LogP contribution >= 0.6 is 0 Å². The Balaban J connectivity index is 2.34. The molecule has 0 radical (unpaired) electrons. The molecule has 0 atom stereocenters. The topological polar surface area (TPSA) is 75.1 Å². The number of hydrogen-bond acceptors (Lipinski definition) is 3. The van der Waals surface area contributed by atoms with Gasteiger partial charge in [0.05, 0.1) is 6.54 Å². The number of hydrogen-bond donors (Lipinski definition) is 0. The van der Waals surface area contributed by atoms with Crippen molar-refractivity contribution in [3.8, 4) is 0 Å². The van der Waals surface area contributed by atoms with Gasteiger partial charge in [-0.15, -0.1) is 0 Å². The fraction of sp³-hybridized carbons (Fsp3) is 0.857. The predicted molar refractivity (Wildman–Crippen MR) is 42.6 cm³/mol. The molecule has 5 heteroatoms. The molecule has 0 aromatic rings. The number of carbonyl (C=O) groups is 1. The fourth-order valence-corrected chi connectivity index (χ4v) is 1.25. The van der Waals surface area contributed by atoms with Gasteiger partial charge in [0.1, 0.15) is 5.78 Å². The standard InChI is InChI=1S/C7H11N3O2/c8-10-9-5-7(11)6-1-3-12-4-2-6/h6H,1-5H2. The maximum absolute atomic E-state index is 11.2. The van der Waals surface area contributed by atoms with Crippen LogP contribution in [0.2, 0.25) is 0 Å². The zero-order chi connectivity index (χ0) is 8.81. The van der Waals surface area contributed by atoms with Crippen molar-refractivity contribution < 1.29 is 9.53 Å². The largest absolute Gasteiger partial charge is 0.381 e. The van der Waals surface area contributed by atoms with Gasteiger partial charge in [0.15, 0.2) is 0 Å². The Morgan fingerprint density at radius 2 is 2.25 bits per heavy atom. The molecule has 0 unspecified atom stereocenters. The first-order chi connectivity index (χ1) is 5.84. The molecule has 1 rings (SSSR count). The summed E-state index contributed by atoms with van der Waals surface area (Å²) in [7, 11) is 0. The number of ketones is 1. The Kier molecular flexibility index (Phi) is 3.57. The van der Waals surface area contributed by atoms with Gasteiger partial charge in [-0.25, -0.2) is 0 Å². The van der Waals surface area contributed by atoms with Crippen molar-refractivity contribution in [2.75, 3.05) is 19.8 Å². The molecule has 0 aromatic carbocycles. The summed E-state index contributed by atoms with van der Waals surface area (Å²) in [5.41, 5.74) is 7.99. The highest BCUT2D eigenvalue weighted by Gasteiger charge is 2.20. The van der Waals surface area contributed by atoms with Crippen LogP contribution in [-0.2, 0) is 9.53 Å². The first-order valence-electron chi connectivity index (χ1n) is 3.96. The predicted octanol–water partition coefficient (Wildman–Crippen LogP) is 1.29. The van der Waals surface area contributed by atoms with E-state index in [1.807, 2.05) is 0 Å². The molecule has 12 heavy (non-hydrogen) atoms. The third kappa shape index (κ3) is 2.53. The molecule has 1 aliphatic heterocycles. The smallest absolute Gasteiger partial charge is 0.141 e. The quantitative estimate of drug-likeness (QED) is 0.362. The van der Waals surface area contributed by atoms with E-state index in [1.165, 1.54) is 0 Å². The molecule has 0 spiro atoms. The lowest BCUT2D eigenvalue weighted by Crippen LogP contribution is -2.24. The van der Waals surface area contributed by atoms with Gasteiger partial charge in [0.2, 0.25) is 0 Å². The highest BCUT2D eigenvalue weighted by atomic mass is 16.5. The Bertz CT molecular complexity index is 205. The first-order valence-corrected chi connectivity index (χ1v) is 3.96. The molecular weight excluding hydrogens is 158 g/mol. The second kappa shape index (κ2) is 4.74. The van der Waals surface area contributed by atoms with E-state index in [-0.39, 0.29) is 18.2 Å². The van der Waals surface area contributed by atoms with Crippen LogP contribution in [-0.4, -0.2) is 25.5 Å². The third-order valence-corrected chi connectivity index (χ3v) is 1.97. The third-order valence-electron chi connectivity index (χ3n) is 1.97. The second-order valence-corrected chi connectivity index (χ2v) is 2.74. The van der Waals surface area contributed by atoms with Crippen LogP contribution < -0.4 is 0 Å². The van der Waals surface area contributed by atoms with E-state index in [0.29, 0.717) is 13.2 Å². The van der Waals surface area contributed by atoms with Gasteiger partial charge in [0.25, 0.3) is 0 Å². The molecule has 1 aliphatic rings. The number of Topliss-reactive ketones (excluding diaryl/α,β-unsaturated/α-hetero) is 1. The fourth-order valence-electron chi connectivity index (χ4n) is 1.25. The summed E-state index contributed by atoms with van der Waals surface area (Å²) < 4.78 is 5.10. The van der Waals surface area contributed by atoms with Crippen molar-refractivity contribution in [2.24, 2.45) is 11.0 Å². The van der Waals surface area contributed by atoms with Gasteiger partial charge in [-0.05, 0) is 18.4 Å². The van der Waals surface area contributed by atoms with Crippen molar-refractivity contribution in [1.82, 2.24) is 0 Å². The van der Waals surface area contributed by atoms with Crippen LogP contribution in [0.25, 0.3) is 10.4 Å². The molecular formula is C7H11N3O2. The molecule has 66 valence electrons. The highest BCUT2D eigenvalue weighted by molar-refractivity contribution is 5.83. The monoisotopic (exact) mass is 169 g/mol. The van der Waals surface area contributed by atoms with E-state index >= 15 is 0 Å². The zero-order valence-corrected chi connectivity index (χ0v) is 6.77. The summed E-state index contributed by atoms with van der Waals surface area (Å²) in [6, 6.07) is 0. The maximum atomic E-state index is 11.2. The molecule has 0 saturated carbocycles. The molecule has 0 bridgehead atoms. The van der Waals surface area contributed by atoms with Gasteiger partial charge in [-0.1, -0.05) is 5.11 Å². The van der Waals surface area contributed by atoms with Crippen molar-refractivity contribution in [1.29, 1.82) is 0 Å². The average Bonchev–Trinajstić information content (AvgIpc) is 2.15. The van der Waals surface area contributed by atoms with Gasteiger partial charge >= 0.3 is 0 Å². The lowest BCUT2D eigenvalue weighted by molar-refractivity contribution is -0.124. The second-order valence-electron chi connectivity index (χ2n) is 2.74. The number of ether oxygens (including phenoxy) is 1. The van der Waals surface area contributed by atoms with Crippen LogP contribution in [0.3, 0.4) is 0 Å². The molecule has 0 aliphatic carbocycles. The van der Waals surface area contributed by atoms with Crippen LogP contribution in [0.1, 0.15) is 12.8 Å². The SMILES string of the molecule is [N-]=[N+]=NCC(=O)C1CCOCC1. The molecule has 1 saturated heterocycles. The average molecular weight is 169 g/mol. The van der Waals surface area contributed by atoms with E-state index in [4.69, 9.17) is 10.3 Å². The van der Waals surface area contributed by atoms with E-state index in [1.54, 1.807) is 0 Å². The maximum Gasteiger partial charge on any atom is 0.141 e. The normalized spacial score (nSPS) is 18.3. The highest BCUT2D eigenvalue weighted by Crippen LogP contribution is 2.15. The van der Waals surface area contributed by atoms with Crippen molar-refractivity contribution >= 4 is 5.78 Å². The minimum absolute atomic E-state index is 0.0127. The van der Waals surface area contributed by atoms with E-state index < -0.39 is 0 Å². The van der Waals surface area contributed by atoms with Gasteiger partial charge < -0.3 is 4.74 Å². The van der Waals surface area contributed by atoms with Gasteiger partial charge in [-0.2, -0.15) is 0 Å². The summed E-state index contributed by atoms with van der Waals surface area (Å²) >= 11 is 0. The lowest BCUT2D eigenvalue weighted by Gasteiger charge is -2.19. The van der Waals surface area contributed by atoms with Crippen LogP contribution in [0.4, 0.5) is 0 Å². The summed E-state index contributed by atoms with van der Waals surface area (Å²) in [6.07, 6.45) is 1.53. The van der Waals surface area contributed by atoms with E-state index in [0.717, 1.165) is 12.8 Å². The molecule has 1 fully saturated rings. The summed E-state index contributed by atoms with van der Waals surface area (Å²) in [5.74, 6) is 0.0837. The minimum atomic E-state index is -0.0127. The Morgan fingerprint density at radius 1 is 1.58 bits per heavy atom. The van der Waals surface area contributed by atoms with Crippen LogP contribution in [0.15, 0.2) is 5.11 Å². The van der Waals surface area contributed by atoms with Crippen molar-refractivity contribution in [3.63, 3.8) is 0 Å². The molecule has 0 amide bonds. The zero-order valence-electron chi connectivity index (χ0n) is 6.77.